The van der Waals surface area contributed by atoms with Crippen molar-refractivity contribution < 1.29 is 9.53 Å². The monoisotopic (exact) mass is 255 g/mol. The van der Waals surface area contributed by atoms with Crippen LogP contribution < -0.4 is 11.1 Å². The molecule has 1 aromatic rings. The van der Waals surface area contributed by atoms with Crippen LogP contribution in [0.1, 0.15) is 28.3 Å². The van der Waals surface area contributed by atoms with Crippen LogP contribution in [0.4, 0.5) is 0 Å². The predicted octanol–water partition coefficient (Wildman–Crippen LogP) is 0.551. The Kier molecular flexibility index (Phi) is 4.09. The van der Waals surface area contributed by atoms with Crippen LogP contribution in [-0.2, 0) is 11.2 Å². The first kappa shape index (κ1) is 12.5. The summed E-state index contributed by atoms with van der Waals surface area (Å²) in [5, 5.41) is 5.65. The van der Waals surface area contributed by atoms with Crippen LogP contribution in [-0.4, -0.2) is 36.7 Å². The van der Waals surface area contributed by atoms with Crippen LogP contribution in [0.3, 0.4) is 0 Å². The van der Waals surface area contributed by atoms with Gasteiger partial charge in [-0.2, -0.15) is 0 Å². The SMILES string of the molecule is COC1CC(NC(=O)c2csc(CCN)n2)C1. The molecule has 0 unspecified atom stereocenters. The molecule has 1 aliphatic carbocycles. The summed E-state index contributed by atoms with van der Waals surface area (Å²) in [6.45, 7) is 0.562. The summed E-state index contributed by atoms with van der Waals surface area (Å²) < 4.78 is 5.16. The smallest absolute Gasteiger partial charge is 0.270 e. The van der Waals surface area contributed by atoms with Crippen molar-refractivity contribution in [3.63, 3.8) is 0 Å². The van der Waals surface area contributed by atoms with Gasteiger partial charge in [-0.05, 0) is 19.4 Å². The molecule has 94 valence electrons. The Morgan fingerprint density at radius 3 is 3.12 bits per heavy atom. The van der Waals surface area contributed by atoms with Gasteiger partial charge in [-0.25, -0.2) is 4.98 Å². The van der Waals surface area contributed by atoms with Gasteiger partial charge in [0.25, 0.3) is 5.91 Å². The van der Waals surface area contributed by atoms with Crippen molar-refractivity contribution in [3.8, 4) is 0 Å². The molecule has 0 bridgehead atoms. The molecule has 0 saturated heterocycles. The summed E-state index contributed by atoms with van der Waals surface area (Å²) in [5.74, 6) is -0.0934. The van der Waals surface area contributed by atoms with E-state index in [4.69, 9.17) is 10.5 Å². The van der Waals surface area contributed by atoms with Crippen molar-refractivity contribution >= 4 is 17.2 Å². The average molecular weight is 255 g/mol. The van der Waals surface area contributed by atoms with E-state index in [1.54, 1.807) is 12.5 Å². The fraction of sp³-hybridized carbons (Fsp3) is 0.636. The first-order valence-corrected chi connectivity index (χ1v) is 6.59. The molecule has 17 heavy (non-hydrogen) atoms. The lowest BCUT2D eigenvalue weighted by Crippen LogP contribution is -2.47. The Balaban J connectivity index is 1.83. The summed E-state index contributed by atoms with van der Waals surface area (Å²) in [7, 11) is 1.70. The van der Waals surface area contributed by atoms with E-state index in [0.29, 0.717) is 18.3 Å². The molecule has 0 aliphatic heterocycles. The van der Waals surface area contributed by atoms with Crippen LogP contribution in [0.25, 0.3) is 0 Å². The van der Waals surface area contributed by atoms with Crippen LogP contribution >= 0.6 is 11.3 Å². The second kappa shape index (κ2) is 5.57. The molecule has 3 N–H and O–H groups in total. The Bertz CT molecular complexity index is 388. The molecule has 0 atom stereocenters. The lowest BCUT2D eigenvalue weighted by molar-refractivity contribution is 0.0175. The number of hydrogen-bond acceptors (Lipinski definition) is 5. The van der Waals surface area contributed by atoms with Gasteiger partial charge in [0.05, 0.1) is 11.1 Å². The molecule has 0 spiro atoms. The van der Waals surface area contributed by atoms with Gasteiger partial charge in [-0.15, -0.1) is 11.3 Å². The van der Waals surface area contributed by atoms with Crippen molar-refractivity contribution in [2.45, 2.75) is 31.4 Å². The lowest BCUT2D eigenvalue weighted by Gasteiger charge is -2.34. The van der Waals surface area contributed by atoms with E-state index in [-0.39, 0.29) is 11.9 Å². The molecule has 1 fully saturated rings. The van der Waals surface area contributed by atoms with Crippen LogP contribution in [0.2, 0.25) is 0 Å². The van der Waals surface area contributed by atoms with E-state index in [2.05, 4.69) is 10.3 Å². The summed E-state index contributed by atoms with van der Waals surface area (Å²) in [5.41, 5.74) is 5.94. The number of nitrogens with two attached hydrogens (primary N) is 1. The Hall–Kier alpha value is -0.980. The number of thiazole rings is 1. The van der Waals surface area contributed by atoms with E-state index in [9.17, 15) is 4.79 Å². The summed E-state index contributed by atoms with van der Waals surface area (Å²) in [4.78, 5) is 16.1. The van der Waals surface area contributed by atoms with Gasteiger partial charge in [0.1, 0.15) is 5.69 Å². The van der Waals surface area contributed by atoms with Gasteiger partial charge in [-0.3, -0.25) is 4.79 Å². The maximum Gasteiger partial charge on any atom is 0.270 e. The number of rotatable bonds is 5. The number of ether oxygens (including phenoxy) is 1. The third-order valence-electron chi connectivity index (χ3n) is 2.91. The Labute approximate surface area is 104 Å². The molecular formula is C11H17N3O2S. The number of amides is 1. The molecule has 2 rings (SSSR count). The van der Waals surface area contributed by atoms with Gasteiger partial charge in [0, 0.05) is 25.0 Å². The molecule has 1 heterocycles. The van der Waals surface area contributed by atoms with Crippen LogP contribution in [0, 0.1) is 0 Å². The van der Waals surface area contributed by atoms with Gasteiger partial charge >= 0.3 is 0 Å². The van der Waals surface area contributed by atoms with Gasteiger partial charge < -0.3 is 15.8 Å². The van der Waals surface area contributed by atoms with Gasteiger partial charge in [0.2, 0.25) is 0 Å². The van der Waals surface area contributed by atoms with E-state index in [1.807, 2.05) is 0 Å². The summed E-state index contributed by atoms with van der Waals surface area (Å²) in [6.07, 6.45) is 2.81. The Morgan fingerprint density at radius 2 is 2.47 bits per heavy atom. The number of nitrogens with one attached hydrogen (secondary N) is 1. The number of carbonyl (C=O) groups is 1. The highest BCUT2D eigenvalue weighted by Gasteiger charge is 2.30. The fourth-order valence-corrected chi connectivity index (χ4v) is 2.58. The van der Waals surface area contributed by atoms with Gasteiger partial charge in [-0.1, -0.05) is 0 Å². The molecule has 1 amide bonds. The zero-order valence-electron chi connectivity index (χ0n) is 9.81. The fourth-order valence-electron chi connectivity index (χ4n) is 1.79. The normalized spacial score (nSPS) is 23.2. The first-order chi connectivity index (χ1) is 8.22. The zero-order chi connectivity index (χ0) is 12.3. The summed E-state index contributed by atoms with van der Waals surface area (Å²) >= 11 is 1.48. The Morgan fingerprint density at radius 1 is 1.71 bits per heavy atom. The van der Waals surface area contributed by atoms with Crippen molar-refractivity contribution in [2.75, 3.05) is 13.7 Å². The predicted molar refractivity (Wildman–Crippen MR) is 66.2 cm³/mol. The largest absolute Gasteiger partial charge is 0.381 e. The minimum atomic E-state index is -0.0934. The van der Waals surface area contributed by atoms with Crippen LogP contribution in [0.15, 0.2) is 5.38 Å². The highest BCUT2D eigenvalue weighted by Crippen LogP contribution is 2.23. The van der Waals surface area contributed by atoms with E-state index >= 15 is 0 Å². The molecule has 6 heteroatoms. The van der Waals surface area contributed by atoms with Crippen molar-refractivity contribution in [1.29, 1.82) is 0 Å². The quantitative estimate of drug-likeness (QED) is 0.805. The van der Waals surface area contributed by atoms with E-state index in [1.165, 1.54) is 11.3 Å². The topological polar surface area (TPSA) is 77.2 Å². The molecule has 0 aromatic carbocycles. The molecule has 1 aliphatic rings. The van der Waals surface area contributed by atoms with Crippen molar-refractivity contribution in [1.82, 2.24) is 10.3 Å². The molecule has 1 saturated carbocycles. The maximum atomic E-state index is 11.8. The second-order valence-electron chi connectivity index (χ2n) is 4.16. The number of nitrogens with zero attached hydrogens (tertiary/aromatic N) is 1. The summed E-state index contributed by atoms with van der Waals surface area (Å²) in [6, 6.07) is 0.229. The maximum absolute atomic E-state index is 11.8. The molecular weight excluding hydrogens is 238 g/mol. The highest BCUT2D eigenvalue weighted by molar-refractivity contribution is 7.09. The molecule has 5 nitrogen and oxygen atoms in total. The second-order valence-corrected chi connectivity index (χ2v) is 5.11. The average Bonchev–Trinajstić information content (AvgIpc) is 2.71. The number of carbonyl (C=O) groups excluding carboxylic acids is 1. The van der Waals surface area contributed by atoms with Gasteiger partial charge in [0.15, 0.2) is 0 Å². The molecule has 1 aromatic heterocycles. The minimum absolute atomic E-state index is 0.0934. The standard InChI is InChI=1S/C11H17N3O2S/c1-16-8-4-7(5-8)13-11(15)9-6-17-10(14-9)2-3-12/h6-8H,2-5,12H2,1H3,(H,13,15). The lowest BCUT2D eigenvalue weighted by atomic mass is 9.89. The molecule has 0 radical (unpaired) electrons. The van der Waals surface area contributed by atoms with Crippen molar-refractivity contribution in [3.05, 3.63) is 16.1 Å². The third kappa shape index (κ3) is 3.02. The van der Waals surface area contributed by atoms with Crippen molar-refractivity contribution in [2.24, 2.45) is 5.73 Å². The third-order valence-corrected chi connectivity index (χ3v) is 3.81. The zero-order valence-corrected chi connectivity index (χ0v) is 10.6. The minimum Gasteiger partial charge on any atom is -0.381 e. The number of hydrogen-bond donors (Lipinski definition) is 2. The number of aromatic nitrogens is 1. The van der Waals surface area contributed by atoms with Crippen LogP contribution in [0.5, 0.6) is 0 Å². The highest BCUT2D eigenvalue weighted by atomic mass is 32.1. The number of methoxy groups -OCH3 is 1. The van der Waals surface area contributed by atoms with E-state index < -0.39 is 0 Å². The van der Waals surface area contributed by atoms with E-state index in [0.717, 1.165) is 24.3 Å². The first-order valence-electron chi connectivity index (χ1n) is 5.71.